The first-order valence-corrected chi connectivity index (χ1v) is 14.6. The summed E-state index contributed by atoms with van der Waals surface area (Å²) in [6.07, 6.45) is 4.18. The van der Waals surface area contributed by atoms with Crippen LogP contribution < -0.4 is 20.7 Å². The maximum Gasteiger partial charge on any atom is 0.304 e. The van der Waals surface area contributed by atoms with Crippen molar-refractivity contribution in [3.8, 4) is 0 Å². The maximum absolute atomic E-state index is 13.6. The highest BCUT2D eigenvalue weighted by Gasteiger charge is 2.58. The van der Waals surface area contributed by atoms with Gasteiger partial charge in [-0.25, -0.2) is 0 Å². The smallest absolute Gasteiger partial charge is 0.304 e. The van der Waals surface area contributed by atoms with Crippen molar-refractivity contribution < 1.29 is 22.8 Å². The van der Waals surface area contributed by atoms with Crippen LogP contribution in [0.1, 0.15) is 46.0 Å². The molecule has 0 radical (unpaired) electrons. The minimum absolute atomic E-state index is 0.0426. The second kappa shape index (κ2) is 9.43. The third-order valence-electron chi connectivity index (χ3n) is 8.58. The normalized spacial score (nSPS) is 34.2. The number of amides is 3. The van der Waals surface area contributed by atoms with Crippen molar-refractivity contribution in [3.05, 3.63) is 23.2 Å². The van der Waals surface area contributed by atoms with Crippen LogP contribution in [-0.2, 0) is 24.6 Å². The van der Waals surface area contributed by atoms with Crippen molar-refractivity contribution in [3.63, 3.8) is 0 Å². The molecule has 12 heteroatoms. The van der Waals surface area contributed by atoms with Crippen LogP contribution in [-0.4, -0.2) is 56.1 Å². The van der Waals surface area contributed by atoms with Crippen LogP contribution in [0.25, 0.3) is 0 Å². The van der Waals surface area contributed by atoms with Gasteiger partial charge in [0.25, 0.3) is 0 Å². The number of nitrogens with two attached hydrogens (primary N) is 1. The maximum atomic E-state index is 13.6. The molecule has 4 aliphatic carbocycles. The quantitative estimate of drug-likeness (QED) is 0.496. The standard InChI is InChI=1S/C25H34ClN5O5S/c1-14-11-30(37(35,36)31(12-14)21-4-3-19(7-20(21)26)28-15(2)32)13-22(33)29-23-17-5-16-6-18(23)10-25(8-16,9-17)24(27)34/h3-4,7,14,16-18,23H,5-6,8-13H2,1-2H3,(H2,27,34)(H,28,32)(H,29,33). The zero-order valence-electron chi connectivity index (χ0n) is 21.1. The molecule has 4 saturated carbocycles. The van der Waals surface area contributed by atoms with Crippen molar-refractivity contribution in [2.45, 2.75) is 52.0 Å². The lowest BCUT2D eigenvalue weighted by molar-refractivity contribution is -0.147. The summed E-state index contributed by atoms with van der Waals surface area (Å²) in [7, 11) is -4.01. The molecule has 10 nitrogen and oxygen atoms in total. The first-order valence-electron chi connectivity index (χ1n) is 12.8. The Bertz CT molecular complexity index is 1220. The lowest BCUT2D eigenvalue weighted by Gasteiger charge is -2.58. The fourth-order valence-electron chi connectivity index (χ4n) is 7.33. The zero-order valence-corrected chi connectivity index (χ0v) is 22.6. The van der Waals surface area contributed by atoms with Gasteiger partial charge < -0.3 is 16.4 Å². The lowest BCUT2D eigenvalue weighted by Crippen LogP contribution is -2.63. The molecule has 3 atom stereocenters. The predicted octanol–water partition coefficient (Wildman–Crippen LogP) is 2.10. The molecular weight excluding hydrogens is 518 g/mol. The lowest BCUT2D eigenvalue weighted by atomic mass is 9.47. The molecule has 4 N–H and O–H groups in total. The third kappa shape index (κ3) is 4.81. The molecule has 5 aliphatic rings. The molecule has 202 valence electrons. The fraction of sp³-hybridized carbons (Fsp3) is 0.640. The van der Waals surface area contributed by atoms with Gasteiger partial charge in [-0.05, 0) is 74.0 Å². The molecule has 1 saturated heterocycles. The van der Waals surface area contributed by atoms with Crippen LogP contribution >= 0.6 is 11.6 Å². The largest absolute Gasteiger partial charge is 0.369 e. The molecule has 0 spiro atoms. The summed E-state index contributed by atoms with van der Waals surface area (Å²) < 4.78 is 29.5. The Balaban J connectivity index is 1.29. The Morgan fingerprint density at radius 1 is 1.14 bits per heavy atom. The number of anilines is 2. The minimum Gasteiger partial charge on any atom is -0.369 e. The molecule has 1 heterocycles. The molecule has 4 bridgehead atoms. The summed E-state index contributed by atoms with van der Waals surface area (Å²) in [5, 5.41) is 5.94. The number of rotatable bonds is 6. The van der Waals surface area contributed by atoms with Gasteiger partial charge in [0.05, 0.1) is 17.3 Å². The zero-order chi connectivity index (χ0) is 26.7. The van der Waals surface area contributed by atoms with E-state index in [0.29, 0.717) is 30.1 Å². The van der Waals surface area contributed by atoms with Gasteiger partial charge in [-0.1, -0.05) is 18.5 Å². The van der Waals surface area contributed by atoms with E-state index in [9.17, 15) is 22.8 Å². The number of hydrogen-bond donors (Lipinski definition) is 3. The number of halogens is 1. The first kappa shape index (κ1) is 26.2. The van der Waals surface area contributed by atoms with E-state index in [1.165, 1.54) is 21.6 Å². The second-order valence-corrected chi connectivity index (χ2v) is 13.8. The molecule has 3 unspecified atom stereocenters. The van der Waals surface area contributed by atoms with Crippen LogP contribution in [0.2, 0.25) is 5.02 Å². The Morgan fingerprint density at radius 2 is 1.81 bits per heavy atom. The molecular formula is C25H34ClN5O5S. The first-order chi connectivity index (χ1) is 17.4. The average molecular weight is 552 g/mol. The van der Waals surface area contributed by atoms with E-state index >= 15 is 0 Å². The number of primary amides is 1. The Hall–Kier alpha value is -2.37. The van der Waals surface area contributed by atoms with E-state index in [0.717, 1.165) is 19.3 Å². The Morgan fingerprint density at radius 3 is 2.41 bits per heavy atom. The van der Waals surface area contributed by atoms with E-state index < -0.39 is 15.6 Å². The van der Waals surface area contributed by atoms with E-state index in [1.54, 1.807) is 12.1 Å². The fourth-order valence-corrected chi connectivity index (χ4v) is 9.51. The summed E-state index contributed by atoms with van der Waals surface area (Å²) in [6.45, 7) is 3.46. The topological polar surface area (TPSA) is 142 Å². The molecule has 1 aromatic carbocycles. The van der Waals surface area contributed by atoms with Gasteiger partial charge in [-0.3, -0.25) is 18.7 Å². The summed E-state index contributed by atoms with van der Waals surface area (Å²) in [5.41, 5.74) is 6.09. The number of carbonyl (C=O) groups excluding carboxylic acids is 3. The molecule has 1 aliphatic heterocycles. The van der Waals surface area contributed by atoms with Gasteiger partial charge in [-0.15, -0.1) is 0 Å². The summed E-state index contributed by atoms with van der Waals surface area (Å²) in [4.78, 5) is 36.7. The summed E-state index contributed by atoms with van der Waals surface area (Å²) in [5.74, 6) is -0.0155. The predicted molar refractivity (Wildman–Crippen MR) is 140 cm³/mol. The summed E-state index contributed by atoms with van der Waals surface area (Å²) in [6, 6.07) is 4.60. The number of benzene rings is 1. The highest BCUT2D eigenvalue weighted by atomic mass is 35.5. The number of hydrogen-bond acceptors (Lipinski definition) is 5. The molecule has 3 amide bonds. The molecule has 37 heavy (non-hydrogen) atoms. The molecule has 5 fully saturated rings. The monoisotopic (exact) mass is 551 g/mol. The van der Waals surface area contributed by atoms with Crippen molar-refractivity contribution >= 4 is 50.9 Å². The average Bonchev–Trinajstić information content (AvgIpc) is 2.78. The van der Waals surface area contributed by atoms with Crippen LogP contribution in [0, 0.1) is 29.1 Å². The highest BCUT2D eigenvalue weighted by Crippen LogP contribution is 2.59. The van der Waals surface area contributed by atoms with E-state index in [-0.39, 0.29) is 66.2 Å². The second-order valence-electron chi connectivity index (χ2n) is 11.5. The van der Waals surface area contributed by atoms with Gasteiger partial charge >= 0.3 is 10.2 Å². The number of carbonyl (C=O) groups is 3. The van der Waals surface area contributed by atoms with Gasteiger partial charge in [0, 0.05) is 37.2 Å². The van der Waals surface area contributed by atoms with Crippen molar-refractivity contribution in [1.29, 1.82) is 0 Å². The van der Waals surface area contributed by atoms with Crippen LogP contribution in [0.3, 0.4) is 0 Å². The van der Waals surface area contributed by atoms with E-state index in [1.807, 2.05) is 6.92 Å². The molecule has 1 aromatic rings. The Kier molecular flexibility index (Phi) is 6.69. The number of nitrogens with one attached hydrogen (secondary N) is 2. The van der Waals surface area contributed by atoms with Gasteiger partial charge in [0.15, 0.2) is 0 Å². The molecule has 6 rings (SSSR count). The van der Waals surface area contributed by atoms with E-state index in [2.05, 4.69) is 10.6 Å². The summed E-state index contributed by atoms with van der Waals surface area (Å²) >= 11 is 6.42. The number of nitrogens with zero attached hydrogens (tertiary/aromatic N) is 2. The Labute approximate surface area is 222 Å². The van der Waals surface area contributed by atoms with Crippen molar-refractivity contribution in [2.24, 2.45) is 34.8 Å². The van der Waals surface area contributed by atoms with Gasteiger partial charge in [-0.2, -0.15) is 12.7 Å². The van der Waals surface area contributed by atoms with Crippen molar-refractivity contribution in [1.82, 2.24) is 9.62 Å². The minimum atomic E-state index is -4.01. The van der Waals surface area contributed by atoms with Crippen LogP contribution in [0.15, 0.2) is 18.2 Å². The third-order valence-corrected chi connectivity index (χ3v) is 10.7. The van der Waals surface area contributed by atoms with Crippen LogP contribution in [0.5, 0.6) is 0 Å². The SMILES string of the molecule is CC(=O)Nc1ccc(N2CC(C)CN(CC(=O)NC3C4CC5CC3CC(C(N)=O)(C5)C4)S2(=O)=O)c(Cl)c1. The highest BCUT2D eigenvalue weighted by molar-refractivity contribution is 7.90. The van der Waals surface area contributed by atoms with E-state index in [4.69, 9.17) is 17.3 Å². The van der Waals surface area contributed by atoms with Gasteiger partial charge in [0.1, 0.15) is 0 Å². The molecule has 0 aromatic heterocycles. The van der Waals surface area contributed by atoms with Crippen LogP contribution in [0.4, 0.5) is 11.4 Å². The van der Waals surface area contributed by atoms with Crippen molar-refractivity contribution in [2.75, 3.05) is 29.3 Å². The van der Waals surface area contributed by atoms with Gasteiger partial charge in [0.2, 0.25) is 17.7 Å².